The van der Waals surface area contributed by atoms with Crippen molar-refractivity contribution in [1.82, 2.24) is 0 Å². The maximum Gasteiger partial charge on any atom is 0.0462 e. The standard InChI is InChI=1S/C46H43N/c1-33-6-20-41(21-7-33)46(30-4-3-5-31-46)42-22-14-35(15-23-42)36-16-26-44(27-17-36)47(43-24-8-34(2)9-25-43)45-28-18-38(19-29-45)40-13-11-37-10-12-39(37)32-40/h6-9,11,13-29,32H,3-5,10,12,30-31H2,1-2H3. The van der Waals surface area contributed by atoms with Crippen LogP contribution in [0.25, 0.3) is 22.3 Å². The fourth-order valence-corrected chi connectivity index (χ4v) is 7.88. The lowest BCUT2D eigenvalue weighted by Gasteiger charge is -2.39. The van der Waals surface area contributed by atoms with Gasteiger partial charge in [0.25, 0.3) is 0 Å². The zero-order chi connectivity index (χ0) is 31.8. The van der Waals surface area contributed by atoms with Gasteiger partial charge in [0.15, 0.2) is 0 Å². The van der Waals surface area contributed by atoms with Crippen molar-refractivity contribution in [3.05, 3.63) is 173 Å². The molecular formula is C46H43N. The van der Waals surface area contributed by atoms with Crippen LogP contribution in [0.5, 0.6) is 0 Å². The molecule has 0 heterocycles. The van der Waals surface area contributed by atoms with E-state index in [-0.39, 0.29) is 5.41 Å². The van der Waals surface area contributed by atoms with Gasteiger partial charge in [-0.3, -0.25) is 0 Å². The first kappa shape index (κ1) is 29.5. The van der Waals surface area contributed by atoms with E-state index in [2.05, 4.69) is 158 Å². The molecule has 0 spiro atoms. The quantitative estimate of drug-likeness (QED) is 0.174. The number of hydrogen-bond acceptors (Lipinski definition) is 1. The topological polar surface area (TPSA) is 3.24 Å². The van der Waals surface area contributed by atoms with E-state index in [0.29, 0.717) is 0 Å². The zero-order valence-corrected chi connectivity index (χ0v) is 27.7. The molecule has 232 valence electrons. The summed E-state index contributed by atoms with van der Waals surface area (Å²) >= 11 is 0. The highest BCUT2D eigenvalue weighted by molar-refractivity contribution is 5.80. The van der Waals surface area contributed by atoms with Crippen LogP contribution in [0.1, 0.15) is 65.5 Å². The Bertz CT molecular complexity index is 1970. The first-order valence-corrected chi connectivity index (χ1v) is 17.4. The number of fused-ring (bicyclic) bond motifs is 1. The maximum atomic E-state index is 2.40. The summed E-state index contributed by atoms with van der Waals surface area (Å²) in [7, 11) is 0. The van der Waals surface area contributed by atoms with Crippen molar-refractivity contribution in [2.75, 3.05) is 4.90 Å². The van der Waals surface area contributed by atoms with Crippen molar-refractivity contribution < 1.29 is 0 Å². The second kappa shape index (κ2) is 12.4. The van der Waals surface area contributed by atoms with E-state index < -0.39 is 0 Å². The number of anilines is 3. The lowest BCUT2D eigenvalue weighted by Crippen LogP contribution is -2.30. The Morgan fingerprint density at radius 2 is 0.809 bits per heavy atom. The molecule has 1 heteroatoms. The van der Waals surface area contributed by atoms with Crippen LogP contribution >= 0.6 is 0 Å². The number of benzene rings is 6. The molecule has 0 aromatic heterocycles. The zero-order valence-electron chi connectivity index (χ0n) is 27.7. The van der Waals surface area contributed by atoms with Gasteiger partial charge in [-0.05, 0) is 120 Å². The Morgan fingerprint density at radius 3 is 1.30 bits per heavy atom. The van der Waals surface area contributed by atoms with E-state index in [0.717, 1.165) is 17.1 Å². The largest absolute Gasteiger partial charge is 0.311 e. The molecule has 0 atom stereocenters. The SMILES string of the molecule is Cc1ccc(N(c2ccc(-c3ccc(C4(c5ccc(C)cc5)CCCCC4)cc3)cc2)c2ccc(-c3ccc4c(c3)CC4)cc2)cc1. The fourth-order valence-electron chi connectivity index (χ4n) is 7.88. The van der Waals surface area contributed by atoms with Crippen molar-refractivity contribution in [2.24, 2.45) is 0 Å². The van der Waals surface area contributed by atoms with Crippen molar-refractivity contribution >= 4 is 17.1 Å². The van der Waals surface area contributed by atoms with Gasteiger partial charge < -0.3 is 4.90 Å². The third kappa shape index (κ3) is 5.69. The van der Waals surface area contributed by atoms with Crippen molar-refractivity contribution in [2.45, 2.75) is 64.2 Å². The molecule has 0 amide bonds. The summed E-state index contributed by atoms with van der Waals surface area (Å²) < 4.78 is 0. The molecule has 0 saturated heterocycles. The van der Waals surface area contributed by atoms with Gasteiger partial charge in [0.1, 0.15) is 0 Å². The van der Waals surface area contributed by atoms with Crippen LogP contribution in [-0.2, 0) is 18.3 Å². The molecule has 1 saturated carbocycles. The van der Waals surface area contributed by atoms with Crippen LogP contribution in [0.4, 0.5) is 17.1 Å². The van der Waals surface area contributed by atoms with Gasteiger partial charge in [-0.2, -0.15) is 0 Å². The molecule has 1 fully saturated rings. The third-order valence-electron chi connectivity index (χ3n) is 10.8. The summed E-state index contributed by atoms with van der Waals surface area (Å²) in [5.74, 6) is 0. The summed E-state index contributed by atoms with van der Waals surface area (Å²) in [6.45, 7) is 4.33. The first-order chi connectivity index (χ1) is 23.1. The smallest absolute Gasteiger partial charge is 0.0462 e. The van der Waals surface area contributed by atoms with Gasteiger partial charge >= 0.3 is 0 Å². The molecular weight excluding hydrogens is 567 g/mol. The van der Waals surface area contributed by atoms with Gasteiger partial charge in [-0.25, -0.2) is 0 Å². The maximum absolute atomic E-state index is 2.40. The van der Waals surface area contributed by atoms with E-state index in [1.54, 1.807) is 0 Å². The normalized spacial score (nSPS) is 15.0. The predicted molar refractivity (Wildman–Crippen MR) is 199 cm³/mol. The molecule has 0 aliphatic heterocycles. The van der Waals surface area contributed by atoms with Gasteiger partial charge in [-0.1, -0.05) is 134 Å². The van der Waals surface area contributed by atoms with Crippen LogP contribution in [-0.4, -0.2) is 0 Å². The number of hydrogen-bond donors (Lipinski definition) is 0. The van der Waals surface area contributed by atoms with Crippen molar-refractivity contribution in [1.29, 1.82) is 0 Å². The Balaban J connectivity index is 1.09. The van der Waals surface area contributed by atoms with Crippen LogP contribution in [0.15, 0.2) is 140 Å². The highest BCUT2D eigenvalue weighted by Crippen LogP contribution is 2.45. The van der Waals surface area contributed by atoms with Gasteiger partial charge in [-0.15, -0.1) is 0 Å². The van der Waals surface area contributed by atoms with Crippen LogP contribution in [0, 0.1) is 13.8 Å². The Labute approximate surface area is 280 Å². The molecule has 0 unspecified atom stereocenters. The van der Waals surface area contributed by atoms with E-state index in [9.17, 15) is 0 Å². The Hall–Kier alpha value is -4.88. The van der Waals surface area contributed by atoms with Gasteiger partial charge in [0.05, 0.1) is 0 Å². The van der Waals surface area contributed by atoms with Crippen LogP contribution in [0.3, 0.4) is 0 Å². The molecule has 2 aliphatic rings. The number of rotatable bonds is 7. The van der Waals surface area contributed by atoms with E-state index in [1.165, 1.54) is 101 Å². The number of nitrogens with zero attached hydrogens (tertiary/aromatic N) is 1. The summed E-state index contributed by atoms with van der Waals surface area (Å²) in [5, 5.41) is 0. The fraction of sp³-hybridized carbons (Fsp3) is 0.217. The van der Waals surface area contributed by atoms with E-state index in [1.807, 2.05) is 0 Å². The third-order valence-corrected chi connectivity index (χ3v) is 10.8. The lowest BCUT2D eigenvalue weighted by atomic mass is 9.65. The van der Waals surface area contributed by atoms with Gasteiger partial charge in [0, 0.05) is 22.5 Å². The lowest BCUT2D eigenvalue weighted by molar-refractivity contribution is 0.346. The molecule has 0 N–H and O–H groups in total. The minimum Gasteiger partial charge on any atom is -0.311 e. The van der Waals surface area contributed by atoms with Crippen molar-refractivity contribution in [3.8, 4) is 22.3 Å². The minimum atomic E-state index is 0.125. The Kier molecular flexibility index (Phi) is 7.77. The molecule has 1 nitrogen and oxygen atoms in total. The van der Waals surface area contributed by atoms with Gasteiger partial charge in [0.2, 0.25) is 0 Å². The Morgan fingerprint density at radius 1 is 0.404 bits per heavy atom. The molecule has 47 heavy (non-hydrogen) atoms. The molecule has 8 rings (SSSR count). The first-order valence-electron chi connectivity index (χ1n) is 17.4. The van der Waals surface area contributed by atoms with Crippen LogP contribution in [0.2, 0.25) is 0 Å². The molecule has 2 aliphatic carbocycles. The summed E-state index contributed by atoms with van der Waals surface area (Å²) in [6, 6.07) is 52.7. The monoisotopic (exact) mass is 609 g/mol. The molecule has 6 aromatic rings. The van der Waals surface area contributed by atoms with E-state index >= 15 is 0 Å². The van der Waals surface area contributed by atoms with E-state index in [4.69, 9.17) is 0 Å². The minimum absolute atomic E-state index is 0.125. The summed E-state index contributed by atoms with van der Waals surface area (Å²) in [5.41, 5.74) is 17.2. The second-order valence-electron chi connectivity index (χ2n) is 13.8. The molecule has 6 aromatic carbocycles. The average molecular weight is 610 g/mol. The predicted octanol–water partition coefficient (Wildman–Crippen LogP) is 12.5. The molecule has 0 bridgehead atoms. The van der Waals surface area contributed by atoms with Crippen LogP contribution < -0.4 is 4.90 Å². The summed E-state index contributed by atoms with van der Waals surface area (Å²) in [4.78, 5) is 2.36. The highest BCUT2D eigenvalue weighted by Gasteiger charge is 2.35. The molecule has 0 radical (unpaired) electrons. The average Bonchev–Trinajstić information content (AvgIpc) is 3.11. The van der Waals surface area contributed by atoms with Crippen molar-refractivity contribution in [3.63, 3.8) is 0 Å². The number of aryl methyl sites for hydroxylation is 4. The highest BCUT2D eigenvalue weighted by atomic mass is 15.1. The second-order valence-corrected chi connectivity index (χ2v) is 13.8. The summed E-state index contributed by atoms with van der Waals surface area (Å²) in [6.07, 6.45) is 8.82.